The molecule has 0 fully saturated rings. The SMILES string of the molecule is COC(OC)(c1ccc(Sc2ccc(O)cc2)cc1)c1ccc([S+](c2ccccc2)c2ccccc2)cc1.O=S(=O)([O-])C(F)(F)C(F)(F)C(F)(F)C(F)(F)F. The fraction of sp³-hybridized carbons (Fsp3) is 0.189. The first kappa shape index (κ1) is 43.5. The van der Waals surface area contributed by atoms with Gasteiger partial charge in [-0.25, -0.2) is 8.42 Å². The van der Waals surface area contributed by atoms with Crippen LogP contribution in [0.4, 0.5) is 39.5 Å². The molecular weight excluding hydrogens is 808 g/mol. The number of hydrogen-bond donors (Lipinski definition) is 1. The third-order valence-corrected chi connectivity index (χ3v) is 11.9. The summed E-state index contributed by atoms with van der Waals surface area (Å²) in [4.78, 5) is 5.93. The molecule has 5 aromatic rings. The Balaban J connectivity index is 0.000000335. The van der Waals surface area contributed by atoms with Crippen molar-refractivity contribution in [1.29, 1.82) is 0 Å². The molecule has 5 rings (SSSR count). The van der Waals surface area contributed by atoms with Crippen molar-refractivity contribution >= 4 is 32.8 Å². The fourth-order valence-corrected chi connectivity index (χ4v) is 8.31. The first-order valence-electron chi connectivity index (χ1n) is 15.4. The molecule has 0 aliphatic carbocycles. The third-order valence-electron chi connectivity index (χ3n) is 7.74. The molecule has 0 bridgehead atoms. The van der Waals surface area contributed by atoms with Gasteiger partial charge in [0.05, 0.1) is 10.9 Å². The van der Waals surface area contributed by atoms with Crippen LogP contribution >= 0.6 is 11.8 Å². The molecule has 6 nitrogen and oxygen atoms in total. The van der Waals surface area contributed by atoms with Gasteiger partial charge in [-0.2, -0.15) is 39.5 Å². The second kappa shape index (κ2) is 16.9. The molecule has 0 aromatic heterocycles. The van der Waals surface area contributed by atoms with Crippen molar-refractivity contribution in [3.05, 3.63) is 145 Å². The van der Waals surface area contributed by atoms with E-state index in [1.165, 1.54) is 14.7 Å². The Kier molecular flexibility index (Phi) is 13.4. The lowest BCUT2D eigenvalue weighted by Crippen LogP contribution is -2.63. The maximum absolute atomic E-state index is 12.2. The number of phenolic OH excluding ortho intramolecular Hbond substituents is 1. The minimum Gasteiger partial charge on any atom is -0.743 e. The van der Waals surface area contributed by atoms with Crippen molar-refractivity contribution in [2.24, 2.45) is 0 Å². The van der Waals surface area contributed by atoms with Crippen LogP contribution in [0.25, 0.3) is 0 Å². The summed E-state index contributed by atoms with van der Waals surface area (Å²) >= 11 is 1.64. The fourth-order valence-electron chi connectivity index (χ4n) is 4.96. The number of alkyl halides is 9. The second-order valence-electron chi connectivity index (χ2n) is 11.2. The molecule has 1 N–H and O–H groups in total. The highest BCUT2D eigenvalue weighted by atomic mass is 32.2. The van der Waals surface area contributed by atoms with Gasteiger partial charge in [-0.1, -0.05) is 60.3 Å². The predicted molar refractivity (Wildman–Crippen MR) is 186 cm³/mol. The van der Waals surface area contributed by atoms with Crippen molar-refractivity contribution in [2.45, 2.75) is 53.5 Å². The molecule has 0 heterocycles. The topological polar surface area (TPSA) is 95.9 Å². The van der Waals surface area contributed by atoms with Gasteiger partial charge in [0.2, 0.25) is 5.79 Å². The van der Waals surface area contributed by atoms with Crippen LogP contribution in [0.5, 0.6) is 5.75 Å². The number of phenols is 1. The summed E-state index contributed by atoms with van der Waals surface area (Å²) in [6, 6.07) is 45.2. The number of benzene rings is 5. The van der Waals surface area contributed by atoms with Crippen molar-refractivity contribution in [2.75, 3.05) is 14.2 Å². The second-order valence-corrected chi connectivity index (χ2v) is 15.8. The lowest BCUT2D eigenvalue weighted by molar-refractivity contribution is -0.382. The van der Waals surface area contributed by atoms with Crippen molar-refractivity contribution in [1.82, 2.24) is 0 Å². The van der Waals surface area contributed by atoms with Crippen LogP contribution in [-0.4, -0.2) is 55.6 Å². The molecule has 0 radical (unpaired) electrons. The van der Waals surface area contributed by atoms with Gasteiger partial charge in [-0.3, -0.25) is 0 Å². The zero-order valence-corrected chi connectivity index (χ0v) is 30.8. The van der Waals surface area contributed by atoms with E-state index in [9.17, 15) is 57.6 Å². The van der Waals surface area contributed by atoms with Gasteiger partial charge in [0.25, 0.3) is 0 Å². The lowest BCUT2D eigenvalue weighted by Gasteiger charge is -2.34. The van der Waals surface area contributed by atoms with E-state index in [2.05, 4.69) is 97.1 Å². The highest BCUT2D eigenvalue weighted by Crippen LogP contribution is 2.54. The Bertz CT molecular complexity index is 2060. The van der Waals surface area contributed by atoms with E-state index in [4.69, 9.17) is 9.47 Å². The van der Waals surface area contributed by atoms with E-state index in [-0.39, 0.29) is 16.6 Å². The Morgan fingerprint density at radius 2 is 0.927 bits per heavy atom. The van der Waals surface area contributed by atoms with Gasteiger partial charge >= 0.3 is 23.3 Å². The molecule has 0 saturated heterocycles. The molecule has 294 valence electrons. The Morgan fingerprint density at radius 3 is 1.29 bits per heavy atom. The number of rotatable bonds is 12. The number of ether oxygens (including phenoxy) is 2. The molecule has 5 aromatic carbocycles. The smallest absolute Gasteiger partial charge is 0.460 e. The van der Waals surface area contributed by atoms with Crippen LogP contribution in [0.3, 0.4) is 0 Å². The van der Waals surface area contributed by atoms with E-state index >= 15 is 0 Å². The molecule has 55 heavy (non-hydrogen) atoms. The Labute approximate surface area is 317 Å². The normalized spacial score (nSPS) is 13.0. The maximum Gasteiger partial charge on any atom is 0.460 e. The Hall–Kier alpha value is -4.20. The standard InChI is InChI=1S/C33H28O3S2.C4HF9O3S/c1-35-33(36-2,25-13-19-28(20-14-25)37-29-21-17-27(34)18-22-29)26-15-23-32(24-16-26)38(30-9-5-3-6-10-30)31-11-7-4-8-12-31;5-1(6,3(9,10)11)2(7,8)4(12,13)17(14,15)16/h3-24H,1-2H3;(H,14,15,16). The maximum atomic E-state index is 12.2. The molecule has 0 atom stereocenters. The zero-order valence-electron chi connectivity index (χ0n) is 28.3. The molecule has 18 heteroatoms. The van der Waals surface area contributed by atoms with E-state index in [0.29, 0.717) is 0 Å². The predicted octanol–water partition coefficient (Wildman–Crippen LogP) is 10.1. The molecule has 0 spiro atoms. The quantitative estimate of drug-likeness (QED) is 0.0579. The largest absolute Gasteiger partial charge is 0.743 e. The molecule has 0 unspecified atom stereocenters. The molecule has 0 aliphatic heterocycles. The van der Waals surface area contributed by atoms with Gasteiger partial charge in [0.15, 0.2) is 24.8 Å². The summed E-state index contributed by atoms with van der Waals surface area (Å²) in [6.45, 7) is 0. The minimum atomic E-state index is -7.43. The lowest BCUT2D eigenvalue weighted by atomic mass is 9.97. The van der Waals surface area contributed by atoms with E-state index < -0.39 is 39.2 Å². The molecular formula is C37H29F9O6S3. The number of halogens is 9. The van der Waals surface area contributed by atoms with E-state index in [1.54, 1.807) is 38.1 Å². The third kappa shape index (κ3) is 9.10. The van der Waals surface area contributed by atoms with Gasteiger partial charge in [-0.05, 0) is 84.9 Å². The van der Waals surface area contributed by atoms with Gasteiger partial charge in [0, 0.05) is 35.1 Å². The van der Waals surface area contributed by atoms with Crippen LogP contribution in [0.2, 0.25) is 0 Å². The van der Waals surface area contributed by atoms with Crippen molar-refractivity contribution < 1.29 is 67.1 Å². The summed E-state index contributed by atoms with van der Waals surface area (Å²) in [7, 11) is -4.29. The Morgan fingerprint density at radius 1 is 0.564 bits per heavy atom. The van der Waals surface area contributed by atoms with Crippen LogP contribution in [0, 0.1) is 0 Å². The average Bonchev–Trinajstić information content (AvgIpc) is 3.15. The van der Waals surface area contributed by atoms with Crippen LogP contribution < -0.4 is 0 Å². The number of methoxy groups -OCH3 is 2. The zero-order chi connectivity index (χ0) is 40.9. The summed E-state index contributed by atoms with van der Waals surface area (Å²) in [6.07, 6.45) is -7.16. The summed E-state index contributed by atoms with van der Waals surface area (Å²) in [5.41, 5.74) is 1.84. The average molecular weight is 837 g/mol. The van der Waals surface area contributed by atoms with Crippen molar-refractivity contribution in [3.63, 3.8) is 0 Å². The van der Waals surface area contributed by atoms with Crippen LogP contribution in [0.15, 0.2) is 158 Å². The highest BCUT2D eigenvalue weighted by molar-refractivity contribution is 7.99. The van der Waals surface area contributed by atoms with Crippen LogP contribution in [0.1, 0.15) is 11.1 Å². The van der Waals surface area contributed by atoms with Gasteiger partial charge in [-0.15, -0.1) is 0 Å². The summed E-state index contributed by atoms with van der Waals surface area (Å²) < 4.78 is 148. The first-order chi connectivity index (χ1) is 25.6. The minimum absolute atomic E-state index is 0.222. The van der Waals surface area contributed by atoms with Gasteiger partial charge < -0.3 is 19.1 Å². The van der Waals surface area contributed by atoms with Gasteiger partial charge in [0.1, 0.15) is 5.75 Å². The van der Waals surface area contributed by atoms with Crippen LogP contribution in [-0.2, 0) is 36.3 Å². The summed E-state index contributed by atoms with van der Waals surface area (Å²) in [5, 5.41) is 2.43. The van der Waals surface area contributed by atoms with E-state index in [1.807, 2.05) is 24.3 Å². The van der Waals surface area contributed by atoms with Crippen molar-refractivity contribution in [3.8, 4) is 5.75 Å². The monoisotopic (exact) mass is 836 g/mol. The number of hydrogen-bond acceptors (Lipinski definition) is 7. The number of aromatic hydroxyl groups is 1. The molecule has 0 aliphatic rings. The van der Waals surface area contributed by atoms with E-state index in [0.717, 1.165) is 20.9 Å². The first-order valence-corrected chi connectivity index (χ1v) is 18.9. The summed E-state index contributed by atoms with van der Waals surface area (Å²) in [5.74, 6) is -15.6. The molecule has 0 amide bonds. The molecule has 0 saturated carbocycles. The highest BCUT2D eigenvalue weighted by Gasteiger charge is 2.83.